The molecule has 2 rings (SSSR count). The summed E-state index contributed by atoms with van der Waals surface area (Å²) in [4.78, 5) is 7.34. The molecule has 136 valence electrons. The first-order chi connectivity index (χ1) is 11.6. The van der Waals surface area contributed by atoms with E-state index < -0.39 is 0 Å². The minimum absolute atomic E-state index is 0.605. The van der Waals surface area contributed by atoms with Gasteiger partial charge in [-0.15, -0.1) is 0 Å². The predicted octanol–water partition coefficient (Wildman–Crippen LogP) is 1.62. The standard InChI is InChI=1S/C18H34N6/c1-6-19-18(21-13-16-9-8-12-24(16)7-2)20-11-10-17-14(3)22-23(5)15(17)4/h16H,6-13H2,1-5H3,(H2,19,20,21). The molecule has 0 aliphatic carbocycles. The van der Waals surface area contributed by atoms with Crippen molar-refractivity contribution in [3.63, 3.8) is 0 Å². The maximum absolute atomic E-state index is 4.81. The highest BCUT2D eigenvalue weighted by Crippen LogP contribution is 2.16. The second-order valence-corrected chi connectivity index (χ2v) is 6.59. The lowest BCUT2D eigenvalue weighted by Crippen LogP contribution is -2.40. The van der Waals surface area contributed by atoms with Gasteiger partial charge in [0, 0.05) is 31.9 Å². The largest absolute Gasteiger partial charge is 0.357 e. The number of aromatic nitrogens is 2. The summed E-state index contributed by atoms with van der Waals surface area (Å²) in [6.07, 6.45) is 3.54. The van der Waals surface area contributed by atoms with Crippen molar-refractivity contribution >= 4 is 5.96 Å². The molecule has 1 fully saturated rings. The summed E-state index contributed by atoms with van der Waals surface area (Å²) in [6, 6.07) is 0.605. The molecular formula is C18H34N6. The van der Waals surface area contributed by atoms with E-state index in [1.165, 1.54) is 30.6 Å². The maximum Gasteiger partial charge on any atom is 0.191 e. The van der Waals surface area contributed by atoms with E-state index in [0.29, 0.717) is 6.04 Å². The van der Waals surface area contributed by atoms with Crippen LogP contribution in [-0.4, -0.2) is 59.4 Å². The van der Waals surface area contributed by atoms with Crippen LogP contribution in [0.4, 0.5) is 0 Å². The third kappa shape index (κ3) is 4.72. The van der Waals surface area contributed by atoms with Gasteiger partial charge in [0.1, 0.15) is 0 Å². The van der Waals surface area contributed by atoms with Gasteiger partial charge in [-0.2, -0.15) is 5.10 Å². The Morgan fingerprint density at radius 1 is 1.29 bits per heavy atom. The van der Waals surface area contributed by atoms with Crippen LogP contribution in [0.1, 0.15) is 43.6 Å². The number of guanidine groups is 1. The van der Waals surface area contributed by atoms with Crippen LogP contribution in [0.5, 0.6) is 0 Å². The number of likely N-dealkylation sites (N-methyl/N-ethyl adjacent to an activating group) is 1. The molecule has 24 heavy (non-hydrogen) atoms. The van der Waals surface area contributed by atoms with Crippen LogP contribution < -0.4 is 10.6 Å². The van der Waals surface area contributed by atoms with Gasteiger partial charge < -0.3 is 10.6 Å². The lowest BCUT2D eigenvalue weighted by molar-refractivity contribution is 0.273. The molecule has 0 radical (unpaired) electrons. The molecular weight excluding hydrogens is 300 g/mol. The average Bonchev–Trinajstić information content (AvgIpc) is 3.11. The quantitative estimate of drug-likeness (QED) is 0.588. The van der Waals surface area contributed by atoms with Crippen LogP contribution in [0, 0.1) is 13.8 Å². The molecule has 2 N–H and O–H groups in total. The van der Waals surface area contributed by atoms with Crippen molar-refractivity contribution in [3.05, 3.63) is 17.0 Å². The van der Waals surface area contributed by atoms with Crippen LogP contribution in [-0.2, 0) is 13.5 Å². The van der Waals surface area contributed by atoms with Crippen molar-refractivity contribution in [3.8, 4) is 0 Å². The zero-order valence-corrected chi connectivity index (χ0v) is 16.0. The van der Waals surface area contributed by atoms with Crippen molar-refractivity contribution in [1.29, 1.82) is 0 Å². The smallest absolute Gasteiger partial charge is 0.191 e. The van der Waals surface area contributed by atoms with Crippen LogP contribution in [0.2, 0.25) is 0 Å². The van der Waals surface area contributed by atoms with Gasteiger partial charge in [-0.3, -0.25) is 14.6 Å². The van der Waals surface area contributed by atoms with Crippen molar-refractivity contribution in [2.45, 2.75) is 53.0 Å². The Morgan fingerprint density at radius 3 is 2.71 bits per heavy atom. The van der Waals surface area contributed by atoms with Crippen LogP contribution >= 0.6 is 0 Å². The van der Waals surface area contributed by atoms with E-state index in [2.05, 4.69) is 48.3 Å². The van der Waals surface area contributed by atoms with Crippen molar-refractivity contribution < 1.29 is 0 Å². The number of rotatable bonds is 7. The van der Waals surface area contributed by atoms with E-state index in [-0.39, 0.29) is 0 Å². The monoisotopic (exact) mass is 334 g/mol. The van der Waals surface area contributed by atoms with Crippen LogP contribution in [0.25, 0.3) is 0 Å². The summed E-state index contributed by atoms with van der Waals surface area (Å²) in [7, 11) is 2.01. The molecule has 1 aromatic rings. The third-order valence-electron chi connectivity index (χ3n) is 5.04. The first kappa shape index (κ1) is 18.8. The Bertz CT molecular complexity index is 548. The Morgan fingerprint density at radius 2 is 2.08 bits per heavy atom. The number of nitrogens with one attached hydrogen (secondary N) is 2. The van der Waals surface area contributed by atoms with E-state index >= 15 is 0 Å². The van der Waals surface area contributed by atoms with Crippen molar-refractivity contribution in [2.75, 3.05) is 32.7 Å². The first-order valence-electron chi connectivity index (χ1n) is 9.32. The average molecular weight is 335 g/mol. The van der Waals surface area contributed by atoms with E-state index in [4.69, 9.17) is 4.99 Å². The van der Waals surface area contributed by atoms with Gasteiger partial charge in [0.25, 0.3) is 0 Å². The summed E-state index contributed by atoms with van der Waals surface area (Å²) < 4.78 is 1.96. The topological polar surface area (TPSA) is 57.5 Å². The molecule has 1 aromatic heterocycles. The maximum atomic E-state index is 4.81. The normalized spacial score (nSPS) is 19.0. The molecule has 2 heterocycles. The van der Waals surface area contributed by atoms with Gasteiger partial charge in [0.15, 0.2) is 5.96 Å². The van der Waals surface area contributed by atoms with E-state index in [0.717, 1.165) is 44.3 Å². The zero-order valence-electron chi connectivity index (χ0n) is 16.0. The molecule has 1 saturated heterocycles. The number of hydrogen-bond acceptors (Lipinski definition) is 3. The number of hydrogen-bond donors (Lipinski definition) is 2. The minimum Gasteiger partial charge on any atom is -0.357 e. The Kier molecular flexibility index (Phi) is 7.09. The number of aryl methyl sites for hydroxylation is 2. The first-order valence-corrected chi connectivity index (χ1v) is 9.32. The molecule has 1 aliphatic heterocycles. The lowest BCUT2D eigenvalue weighted by atomic mass is 10.1. The molecule has 0 aromatic carbocycles. The van der Waals surface area contributed by atoms with E-state index in [9.17, 15) is 0 Å². The minimum atomic E-state index is 0.605. The molecule has 0 bridgehead atoms. The summed E-state index contributed by atoms with van der Waals surface area (Å²) in [5, 5.41) is 11.3. The lowest BCUT2D eigenvalue weighted by Gasteiger charge is -2.21. The molecule has 0 amide bonds. The summed E-state index contributed by atoms with van der Waals surface area (Å²) in [5.41, 5.74) is 3.72. The van der Waals surface area contributed by atoms with Gasteiger partial charge in [-0.1, -0.05) is 6.92 Å². The second-order valence-electron chi connectivity index (χ2n) is 6.59. The highest BCUT2D eigenvalue weighted by atomic mass is 15.3. The van der Waals surface area contributed by atoms with E-state index in [1.807, 2.05) is 11.7 Å². The molecule has 6 nitrogen and oxygen atoms in total. The highest BCUT2D eigenvalue weighted by molar-refractivity contribution is 5.79. The Hall–Kier alpha value is -1.56. The van der Waals surface area contributed by atoms with Gasteiger partial charge in [-0.25, -0.2) is 0 Å². The summed E-state index contributed by atoms with van der Waals surface area (Å²) in [6.45, 7) is 13.6. The predicted molar refractivity (Wildman–Crippen MR) is 101 cm³/mol. The fourth-order valence-electron chi connectivity index (χ4n) is 3.54. The van der Waals surface area contributed by atoms with Gasteiger partial charge in [0.05, 0.1) is 12.2 Å². The Labute approximate surface area is 146 Å². The number of likely N-dealkylation sites (tertiary alicyclic amines) is 1. The van der Waals surface area contributed by atoms with Gasteiger partial charge in [0.2, 0.25) is 0 Å². The molecule has 0 saturated carbocycles. The summed E-state index contributed by atoms with van der Waals surface area (Å²) >= 11 is 0. The third-order valence-corrected chi connectivity index (χ3v) is 5.04. The molecule has 1 aliphatic rings. The van der Waals surface area contributed by atoms with Crippen LogP contribution in [0.15, 0.2) is 4.99 Å². The van der Waals surface area contributed by atoms with Crippen molar-refractivity contribution in [1.82, 2.24) is 25.3 Å². The summed E-state index contributed by atoms with van der Waals surface area (Å²) in [5.74, 6) is 0.930. The second kappa shape index (κ2) is 9.06. The molecule has 6 heteroatoms. The number of aliphatic imine (C=N–C) groups is 1. The van der Waals surface area contributed by atoms with E-state index in [1.54, 1.807) is 0 Å². The molecule has 1 atom stereocenters. The number of nitrogens with zero attached hydrogens (tertiary/aromatic N) is 4. The molecule has 0 spiro atoms. The van der Waals surface area contributed by atoms with Gasteiger partial charge >= 0.3 is 0 Å². The Balaban J connectivity index is 1.87. The van der Waals surface area contributed by atoms with Gasteiger partial charge in [-0.05, 0) is 58.7 Å². The fourth-order valence-corrected chi connectivity index (χ4v) is 3.54. The SMILES string of the molecule is CCNC(=NCC1CCCN1CC)NCCc1c(C)nn(C)c1C. The highest BCUT2D eigenvalue weighted by Gasteiger charge is 2.22. The molecule has 1 unspecified atom stereocenters. The van der Waals surface area contributed by atoms with Crippen LogP contribution in [0.3, 0.4) is 0 Å². The van der Waals surface area contributed by atoms with Crippen molar-refractivity contribution in [2.24, 2.45) is 12.0 Å². The zero-order chi connectivity index (χ0) is 17.5. The fraction of sp³-hybridized carbons (Fsp3) is 0.778.